The van der Waals surface area contributed by atoms with E-state index in [2.05, 4.69) is 0 Å². The van der Waals surface area contributed by atoms with Crippen molar-refractivity contribution in [3.63, 3.8) is 0 Å². The van der Waals surface area contributed by atoms with Crippen molar-refractivity contribution >= 4 is 58.5 Å². The number of fused-ring (bicyclic) bond motifs is 2. The Morgan fingerprint density at radius 1 is 0.425 bits per heavy atom. The Kier molecular flexibility index (Phi) is 8.74. The molecule has 2 aliphatic rings. The van der Waals surface area contributed by atoms with Crippen molar-refractivity contribution in [3.8, 4) is 0 Å². The second-order valence-corrected chi connectivity index (χ2v) is 9.09. The molecule has 6 heteroatoms. The van der Waals surface area contributed by atoms with Crippen molar-refractivity contribution in [2.24, 2.45) is 0 Å². The predicted octanol–water partition coefficient (Wildman–Crippen LogP) is 7.22. The van der Waals surface area contributed by atoms with E-state index in [-0.39, 0.29) is 11.4 Å². The van der Waals surface area contributed by atoms with E-state index in [1.807, 2.05) is 121 Å². The molecule has 0 unspecified atom stereocenters. The largest absolute Gasteiger partial charge is 0.399 e. The number of nitrogens with two attached hydrogens (primary N) is 2. The van der Waals surface area contributed by atoms with Crippen LogP contribution in [0.25, 0.3) is 24.3 Å². The molecule has 0 aliphatic heterocycles. The highest BCUT2D eigenvalue weighted by Crippen LogP contribution is 2.17. The lowest BCUT2D eigenvalue weighted by atomic mass is 9.94. The summed E-state index contributed by atoms with van der Waals surface area (Å²) in [6.45, 7) is 0. The molecule has 4 aromatic rings. The van der Waals surface area contributed by atoms with Gasteiger partial charge in [0, 0.05) is 22.5 Å². The van der Waals surface area contributed by atoms with Crippen LogP contribution in [0, 0.1) is 21.6 Å². The molecular formula is C34H30N6. The van der Waals surface area contributed by atoms with Crippen molar-refractivity contribution < 1.29 is 0 Å². The number of nitrogens with one attached hydrogen (secondary N) is 4. The first-order chi connectivity index (χ1) is 19.3. The van der Waals surface area contributed by atoms with E-state index in [9.17, 15) is 0 Å². The van der Waals surface area contributed by atoms with Gasteiger partial charge in [0.25, 0.3) is 0 Å². The van der Waals surface area contributed by atoms with Crippen LogP contribution in [0.1, 0.15) is 33.4 Å². The zero-order valence-corrected chi connectivity index (χ0v) is 21.9. The first kappa shape index (κ1) is 27.4. The third-order valence-corrected chi connectivity index (χ3v) is 6.20. The molecule has 8 N–H and O–H groups in total. The summed E-state index contributed by atoms with van der Waals surface area (Å²) >= 11 is 0. The molecule has 0 aromatic heterocycles. The number of hydrogen-bond donors (Lipinski definition) is 6. The van der Waals surface area contributed by atoms with Gasteiger partial charge < -0.3 is 11.5 Å². The van der Waals surface area contributed by atoms with Gasteiger partial charge in [0.1, 0.15) is 0 Å². The Bertz CT molecular complexity index is 1530. The number of anilines is 2. The van der Waals surface area contributed by atoms with Gasteiger partial charge in [-0.3, -0.25) is 21.6 Å². The lowest BCUT2D eigenvalue weighted by molar-refractivity contribution is 1.45. The zero-order valence-electron chi connectivity index (χ0n) is 21.9. The summed E-state index contributed by atoms with van der Waals surface area (Å²) in [5.41, 5.74) is 20.0. The van der Waals surface area contributed by atoms with Crippen molar-refractivity contribution in [2.75, 3.05) is 11.5 Å². The molecule has 2 aliphatic carbocycles. The van der Waals surface area contributed by atoms with Gasteiger partial charge in [-0.2, -0.15) is 0 Å². The maximum atomic E-state index is 7.60. The minimum Gasteiger partial charge on any atom is -0.399 e. The van der Waals surface area contributed by atoms with E-state index in [1.165, 1.54) is 0 Å². The summed E-state index contributed by atoms with van der Waals surface area (Å²) in [7, 11) is 0. The van der Waals surface area contributed by atoms with Gasteiger partial charge in [0.05, 0.1) is 22.8 Å². The minimum atomic E-state index is 0.286. The van der Waals surface area contributed by atoms with Crippen molar-refractivity contribution in [1.82, 2.24) is 0 Å². The molecule has 196 valence electrons. The lowest BCUT2D eigenvalue weighted by Gasteiger charge is -2.10. The third kappa shape index (κ3) is 7.02. The fourth-order valence-corrected chi connectivity index (χ4v) is 3.95. The van der Waals surface area contributed by atoms with Crippen LogP contribution in [0.5, 0.6) is 0 Å². The first-order valence-electron chi connectivity index (χ1n) is 12.6. The average molecular weight is 523 g/mol. The average Bonchev–Trinajstić information content (AvgIpc) is 2.98. The van der Waals surface area contributed by atoms with Crippen molar-refractivity contribution in [1.29, 1.82) is 21.6 Å². The van der Waals surface area contributed by atoms with Gasteiger partial charge in [0.15, 0.2) is 0 Å². The summed E-state index contributed by atoms with van der Waals surface area (Å²) in [6.07, 6.45) is 11.1. The molecule has 0 bridgehead atoms. The molecule has 6 rings (SSSR count). The minimum absolute atomic E-state index is 0.286. The molecule has 0 atom stereocenters. The SMILES string of the molecule is N=C1C=Cc2ccccc2C1=N.N=C1C=Cc2ccccc2C1=N.Nc1ccc(/C=C/c2ccc(N)cc2)cc1. The van der Waals surface area contributed by atoms with Gasteiger partial charge >= 0.3 is 0 Å². The highest BCUT2D eigenvalue weighted by atomic mass is 14.5. The van der Waals surface area contributed by atoms with Gasteiger partial charge in [-0.25, -0.2) is 0 Å². The summed E-state index contributed by atoms with van der Waals surface area (Å²) < 4.78 is 0. The van der Waals surface area contributed by atoms with E-state index in [0.29, 0.717) is 11.4 Å². The van der Waals surface area contributed by atoms with Crippen LogP contribution in [0.15, 0.2) is 109 Å². The highest BCUT2D eigenvalue weighted by Gasteiger charge is 2.13. The van der Waals surface area contributed by atoms with Crippen LogP contribution < -0.4 is 11.5 Å². The lowest BCUT2D eigenvalue weighted by Crippen LogP contribution is -2.15. The molecule has 4 aromatic carbocycles. The number of rotatable bonds is 2. The molecule has 0 fully saturated rings. The van der Waals surface area contributed by atoms with Crippen LogP contribution in [0.2, 0.25) is 0 Å². The fraction of sp³-hybridized carbons (Fsp3) is 0. The Morgan fingerprint density at radius 2 is 0.775 bits per heavy atom. The van der Waals surface area contributed by atoms with E-state index in [0.717, 1.165) is 44.8 Å². The molecule has 0 saturated heterocycles. The topological polar surface area (TPSA) is 147 Å². The molecule has 0 spiro atoms. The van der Waals surface area contributed by atoms with E-state index >= 15 is 0 Å². The van der Waals surface area contributed by atoms with E-state index < -0.39 is 0 Å². The Hall–Kier alpha value is -5.62. The summed E-state index contributed by atoms with van der Waals surface area (Å²) in [4.78, 5) is 0. The van der Waals surface area contributed by atoms with Crippen LogP contribution in [-0.2, 0) is 0 Å². The van der Waals surface area contributed by atoms with E-state index in [1.54, 1.807) is 12.2 Å². The Labute approximate surface area is 234 Å². The molecule has 6 nitrogen and oxygen atoms in total. The Morgan fingerprint density at radius 3 is 1.15 bits per heavy atom. The molecule has 40 heavy (non-hydrogen) atoms. The van der Waals surface area contributed by atoms with Gasteiger partial charge in [-0.15, -0.1) is 0 Å². The monoisotopic (exact) mass is 522 g/mol. The number of nitrogen functional groups attached to an aromatic ring is 2. The number of hydrogen-bond acceptors (Lipinski definition) is 6. The van der Waals surface area contributed by atoms with E-state index in [4.69, 9.17) is 33.1 Å². The maximum absolute atomic E-state index is 7.60. The van der Waals surface area contributed by atoms with Crippen LogP contribution in [0.4, 0.5) is 11.4 Å². The summed E-state index contributed by atoms with van der Waals surface area (Å²) in [6, 6.07) is 30.8. The molecule has 0 heterocycles. The predicted molar refractivity (Wildman–Crippen MR) is 171 cm³/mol. The molecular weight excluding hydrogens is 492 g/mol. The number of benzene rings is 4. The van der Waals surface area contributed by atoms with Gasteiger partial charge in [-0.1, -0.05) is 97.1 Å². The van der Waals surface area contributed by atoms with Crippen LogP contribution in [-0.4, -0.2) is 22.8 Å². The zero-order chi connectivity index (χ0) is 28.5. The second kappa shape index (κ2) is 12.8. The third-order valence-electron chi connectivity index (χ3n) is 6.20. The normalized spacial score (nSPS) is 13.1. The first-order valence-corrected chi connectivity index (χ1v) is 12.6. The fourth-order valence-electron chi connectivity index (χ4n) is 3.95. The molecule has 0 saturated carbocycles. The molecule has 0 radical (unpaired) electrons. The van der Waals surface area contributed by atoms with Crippen molar-refractivity contribution in [3.05, 3.63) is 143 Å². The Balaban J connectivity index is 0.000000141. The number of allylic oxidation sites excluding steroid dienone is 2. The van der Waals surface area contributed by atoms with Crippen molar-refractivity contribution in [2.45, 2.75) is 0 Å². The van der Waals surface area contributed by atoms with Crippen LogP contribution in [0.3, 0.4) is 0 Å². The smallest absolute Gasteiger partial charge is 0.0867 e. The quantitative estimate of drug-likeness (QED) is 0.122. The summed E-state index contributed by atoms with van der Waals surface area (Å²) in [5, 5.41) is 30.0. The maximum Gasteiger partial charge on any atom is 0.0867 e. The molecule has 0 amide bonds. The summed E-state index contributed by atoms with van der Waals surface area (Å²) in [5.74, 6) is 0. The second-order valence-electron chi connectivity index (χ2n) is 9.09. The van der Waals surface area contributed by atoms with Gasteiger partial charge in [-0.05, 0) is 58.7 Å². The standard InChI is InChI=1S/C14H14N2.2C10H8N2/c15-13-7-3-11(4-8-13)1-2-12-5-9-14(16)10-6-12;2*11-9-6-5-7-3-1-2-4-8(7)10(9)12/h1-10H,15-16H2;2*1-6,11-12H/b2-1+;;. The van der Waals surface area contributed by atoms with Crippen LogP contribution >= 0.6 is 0 Å². The highest BCUT2D eigenvalue weighted by molar-refractivity contribution is 6.52. The van der Waals surface area contributed by atoms with Gasteiger partial charge in [0.2, 0.25) is 0 Å².